The molecule has 2 rings (SSSR count). The van der Waals surface area contributed by atoms with Gasteiger partial charge in [-0.3, -0.25) is 0 Å². The van der Waals surface area contributed by atoms with Crippen molar-refractivity contribution in [2.45, 2.75) is 13.5 Å². The predicted molar refractivity (Wildman–Crippen MR) is 56.9 cm³/mol. The van der Waals surface area contributed by atoms with Gasteiger partial charge in [0, 0.05) is 18.5 Å². The van der Waals surface area contributed by atoms with Gasteiger partial charge in [-0.15, -0.1) is 0 Å². The van der Waals surface area contributed by atoms with Gasteiger partial charge >= 0.3 is 0 Å². The van der Waals surface area contributed by atoms with Crippen molar-refractivity contribution < 1.29 is 4.74 Å². The number of methoxy groups -OCH3 is 1. The van der Waals surface area contributed by atoms with Crippen molar-refractivity contribution in [2.24, 2.45) is 0 Å². The van der Waals surface area contributed by atoms with Crippen molar-refractivity contribution in [3.8, 4) is 5.88 Å². The second kappa shape index (κ2) is 4.13. The Morgan fingerprint density at radius 1 is 1.40 bits per heavy atom. The van der Waals surface area contributed by atoms with Gasteiger partial charge in [0.15, 0.2) is 0 Å². The fourth-order valence-corrected chi connectivity index (χ4v) is 1.40. The van der Waals surface area contributed by atoms with E-state index in [4.69, 9.17) is 4.74 Å². The summed E-state index contributed by atoms with van der Waals surface area (Å²) in [6, 6.07) is 5.75. The summed E-state index contributed by atoms with van der Waals surface area (Å²) in [5.41, 5.74) is 0.968. The monoisotopic (exact) mass is 203 g/mol. The molecule has 78 valence electrons. The van der Waals surface area contributed by atoms with Crippen molar-refractivity contribution in [1.82, 2.24) is 14.5 Å². The third-order valence-electron chi connectivity index (χ3n) is 2.25. The van der Waals surface area contributed by atoms with E-state index in [-0.39, 0.29) is 0 Å². The lowest BCUT2D eigenvalue weighted by Crippen LogP contribution is -2.03. The number of pyridine rings is 1. The summed E-state index contributed by atoms with van der Waals surface area (Å²) in [5.74, 6) is 1.63. The van der Waals surface area contributed by atoms with E-state index in [0.717, 1.165) is 18.1 Å². The first-order valence-corrected chi connectivity index (χ1v) is 4.77. The standard InChI is InChI=1S/C11H13N3O/c1-9-12-6-7-14(9)8-10-4-3-5-11(13-10)15-2/h3-7H,8H2,1-2H3. The molecule has 0 radical (unpaired) electrons. The SMILES string of the molecule is COc1cccc(Cn2ccnc2C)n1. The second-order valence-corrected chi connectivity index (χ2v) is 3.27. The Labute approximate surface area is 88.6 Å². The van der Waals surface area contributed by atoms with Crippen LogP contribution in [0, 0.1) is 6.92 Å². The van der Waals surface area contributed by atoms with E-state index in [1.807, 2.05) is 35.9 Å². The lowest BCUT2D eigenvalue weighted by atomic mass is 10.3. The quantitative estimate of drug-likeness (QED) is 0.761. The molecule has 0 aliphatic rings. The first kappa shape index (κ1) is 9.71. The van der Waals surface area contributed by atoms with Crippen molar-refractivity contribution in [2.75, 3.05) is 7.11 Å². The summed E-state index contributed by atoms with van der Waals surface area (Å²) in [6.45, 7) is 2.70. The summed E-state index contributed by atoms with van der Waals surface area (Å²) in [5, 5.41) is 0. The second-order valence-electron chi connectivity index (χ2n) is 3.27. The van der Waals surface area contributed by atoms with Crippen LogP contribution in [0.1, 0.15) is 11.5 Å². The van der Waals surface area contributed by atoms with Crippen LogP contribution in [0.15, 0.2) is 30.6 Å². The zero-order chi connectivity index (χ0) is 10.7. The molecule has 2 aromatic rings. The van der Waals surface area contributed by atoms with E-state index in [2.05, 4.69) is 9.97 Å². The Morgan fingerprint density at radius 3 is 2.93 bits per heavy atom. The van der Waals surface area contributed by atoms with Gasteiger partial charge in [0.1, 0.15) is 5.82 Å². The summed E-state index contributed by atoms with van der Waals surface area (Å²) < 4.78 is 7.11. The minimum atomic E-state index is 0.644. The third-order valence-corrected chi connectivity index (χ3v) is 2.25. The Bertz CT molecular complexity index is 451. The number of hydrogen-bond donors (Lipinski definition) is 0. The van der Waals surface area contributed by atoms with Crippen LogP contribution in [-0.4, -0.2) is 21.6 Å². The van der Waals surface area contributed by atoms with Gasteiger partial charge in [-0.2, -0.15) is 0 Å². The topological polar surface area (TPSA) is 39.9 Å². The van der Waals surface area contributed by atoms with E-state index < -0.39 is 0 Å². The van der Waals surface area contributed by atoms with E-state index in [1.165, 1.54) is 0 Å². The highest BCUT2D eigenvalue weighted by Gasteiger charge is 2.00. The summed E-state index contributed by atoms with van der Waals surface area (Å²) in [7, 11) is 1.62. The van der Waals surface area contributed by atoms with Gasteiger partial charge < -0.3 is 9.30 Å². The minimum Gasteiger partial charge on any atom is -0.481 e. The molecular formula is C11H13N3O. The number of nitrogens with zero attached hydrogens (tertiary/aromatic N) is 3. The molecule has 0 saturated heterocycles. The van der Waals surface area contributed by atoms with Crippen LogP contribution in [0.2, 0.25) is 0 Å². The molecule has 4 nitrogen and oxygen atoms in total. The summed E-state index contributed by atoms with van der Waals surface area (Å²) in [4.78, 5) is 8.50. The maximum absolute atomic E-state index is 5.07. The Kier molecular flexibility index (Phi) is 2.67. The third kappa shape index (κ3) is 2.15. The largest absolute Gasteiger partial charge is 0.481 e. The minimum absolute atomic E-state index is 0.644. The number of aryl methyl sites for hydroxylation is 1. The predicted octanol–water partition coefficient (Wildman–Crippen LogP) is 1.64. The maximum Gasteiger partial charge on any atom is 0.213 e. The van der Waals surface area contributed by atoms with Crippen LogP contribution in [-0.2, 0) is 6.54 Å². The van der Waals surface area contributed by atoms with Crippen LogP contribution in [0.5, 0.6) is 5.88 Å². The number of aromatic nitrogens is 3. The lowest BCUT2D eigenvalue weighted by molar-refractivity contribution is 0.396. The van der Waals surface area contributed by atoms with Gasteiger partial charge in [-0.1, -0.05) is 6.07 Å². The van der Waals surface area contributed by atoms with Crippen molar-refractivity contribution in [3.05, 3.63) is 42.1 Å². The first-order chi connectivity index (χ1) is 7.29. The van der Waals surface area contributed by atoms with Crippen LogP contribution >= 0.6 is 0 Å². The molecule has 0 bridgehead atoms. The summed E-state index contributed by atoms with van der Waals surface area (Å²) >= 11 is 0. The maximum atomic E-state index is 5.07. The molecular weight excluding hydrogens is 190 g/mol. The van der Waals surface area contributed by atoms with Gasteiger partial charge in [0.25, 0.3) is 0 Å². The van der Waals surface area contributed by atoms with Crippen molar-refractivity contribution >= 4 is 0 Å². The van der Waals surface area contributed by atoms with E-state index in [9.17, 15) is 0 Å². The molecule has 0 amide bonds. The molecule has 0 atom stereocenters. The molecule has 0 saturated carbocycles. The van der Waals surface area contributed by atoms with Crippen molar-refractivity contribution in [1.29, 1.82) is 0 Å². The Hall–Kier alpha value is -1.84. The number of rotatable bonds is 3. The van der Waals surface area contributed by atoms with Gasteiger partial charge in [-0.05, 0) is 13.0 Å². The number of imidazole rings is 1. The molecule has 0 N–H and O–H groups in total. The molecule has 4 heteroatoms. The Morgan fingerprint density at radius 2 is 2.27 bits per heavy atom. The average Bonchev–Trinajstić information content (AvgIpc) is 2.65. The van der Waals surface area contributed by atoms with Crippen LogP contribution in [0.4, 0.5) is 0 Å². The lowest BCUT2D eigenvalue weighted by Gasteiger charge is -2.05. The normalized spacial score (nSPS) is 10.3. The van der Waals surface area contributed by atoms with Crippen LogP contribution < -0.4 is 4.74 Å². The number of hydrogen-bond acceptors (Lipinski definition) is 3. The Balaban J connectivity index is 2.21. The first-order valence-electron chi connectivity index (χ1n) is 4.77. The van der Waals surface area contributed by atoms with E-state index in [1.54, 1.807) is 13.3 Å². The van der Waals surface area contributed by atoms with Gasteiger partial charge in [-0.25, -0.2) is 9.97 Å². The molecule has 2 heterocycles. The van der Waals surface area contributed by atoms with E-state index >= 15 is 0 Å². The fraction of sp³-hybridized carbons (Fsp3) is 0.273. The molecule has 0 spiro atoms. The molecule has 0 aliphatic heterocycles. The molecule has 0 aliphatic carbocycles. The number of ether oxygens (including phenoxy) is 1. The summed E-state index contributed by atoms with van der Waals surface area (Å²) in [6.07, 6.45) is 3.73. The molecule has 0 fully saturated rings. The van der Waals surface area contributed by atoms with Crippen LogP contribution in [0.3, 0.4) is 0 Å². The highest BCUT2D eigenvalue weighted by molar-refractivity contribution is 5.16. The van der Waals surface area contributed by atoms with E-state index in [0.29, 0.717) is 5.88 Å². The average molecular weight is 203 g/mol. The highest BCUT2D eigenvalue weighted by Crippen LogP contribution is 2.08. The van der Waals surface area contributed by atoms with Crippen LogP contribution in [0.25, 0.3) is 0 Å². The molecule has 15 heavy (non-hydrogen) atoms. The fourth-order valence-electron chi connectivity index (χ4n) is 1.40. The highest BCUT2D eigenvalue weighted by atomic mass is 16.5. The molecule has 0 unspecified atom stereocenters. The molecule has 0 aromatic carbocycles. The van der Waals surface area contributed by atoms with Crippen molar-refractivity contribution in [3.63, 3.8) is 0 Å². The smallest absolute Gasteiger partial charge is 0.213 e. The van der Waals surface area contributed by atoms with Gasteiger partial charge in [0.2, 0.25) is 5.88 Å². The van der Waals surface area contributed by atoms with Gasteiger partial charge in [0.05, 0.1) is 19.3 Å². The zero-order valence-electron chi connectivity index (χ0n) is 8.84. The molecule has 2 aromatic heterocycles. The zero-order valence-corrected chi connectivity index (χ0v) is 8.84.